The van der Waals surface area contributed by atoms with Crippen molar-refractivity contribution in [3.63, 3.8) is 0 Å². The van der Waals surface area contributed by atoms with Crippen LogP contribution in [0.5, 0.6) is 5.75 Å². The van der Waals surface area contributed by atoms with Crippen molar-refractivity contribution in [2.24, 2.45) is 12.0 Å². The number of aromatic nitrogens is 4. The second kappa shape index (κ2) is 5.37. The number of aromatic hydroxyl groups is 1. The van der Waals surface area contributed by atoms with E-state index in [2.05, 4.69) is 20.5 Å². The van der Waals surface area contributed by atoms with E-state index in [0.717, 1.165) is 0 Å². The third kappa shape index (κ3) is 2.69. The van der Waals surface area contributed by atoms with Gasteiger partial charge in [0.2, 0.25) is 0 Å². The number of benzene rings is 1. The Morgan fingerprint density at radius 1 is 1.50 bits per heavy atom. The van der Waals surface area contributed by atoms with Crippen molar-refractivity contribution in [3.05, 3.63) is 29.6 Å². The first-order chi connectivity index (χ1) is 8.70. The molecule has 1 N–H and O–H groups in total. The van der Waals surface area contributed by atoms with Crippen molar-refractivity contribution in [1.82, 2.24) is 20.2 Å². The molecule has 94 valence electrons. The molecule has 0 saturated carbocycles. The minimum atomic E-state index is 0.191. The fraction of sp³-hybridized carbons (Fsp3) is 0.273. The summed E-state index contributed by atoms with van der Waals surface area (Å²) in [5.41, 5.74) is 1.38. The van der Waals surface area contributed by atoms with Gasteiger partial charge in [0.25, 0.3) is 0 Å². The maximum Gasteiger partial charge on any atom is 0.192 e. The van der Waals surface area contributed by atoms with Crippen LogP contribution in [0, 0.1) is 0 Å². The second-order valence-corrected chi connectivity index (χ2v) is 3.66. The molecule has 0 aliphatic heterocycles. The maximum absolute atomic E-state index is 9.59. The third-order valence-corrected chi connectivity index (χ3v) is 2.34. The first kappa shape index (κ1) is 12.2. The van der Waals surface area contributed by atoms with Crippen LogP contribution in [-0.2, 0) is 18.4 Å². The summed E-state index contributed by atoms with van der Waals surface area (Å²) in [7, 11) is 3.30. The maximum atomic E-state index is 9.59. The Morgan fingerprint density at radius 3 is 3.00 bits per heavy atom. The number of aryl methyl sites for hydroxylation is 1. The van der Waals surface area contributed by atoms with Gasteiger partial charge in [0.05, 0.1) is 18.5 Å². The van der Waals surface area contributed by atoms with Gasteiger partial charge in [0.15, 0.2) is 5.82 Å². The van der Waals surface area contributed by atoms with Gasteiger partial charge in [-0.1, -0.05) is 0 Å². The zero-order valence-electron chi connectivity index (χ0n) is 10.1. The van der Waals surface area contributed by atoms with Gasteiger partial charge in [-0.05, 0) is 28.6 Å². The van der Waals surface area contributed by atoms with Crippen molar-refractivity contribution >= 4 is 11.9 Å². The van der Waals surface area contributed by atoms with Crippen molar-refractivity contribution in [3.8, 4) is 5.75 Å². The standard InChI is InChI=1S/C11H13N5O2/c1-16-11(13-14-15-16)6-12-9-3-4-10(17)8(5-9)7-18-2/h3-6,17H,7H2,1-2H3. The molecule has 1 heterocycles. The lowest BCUT2D eigenvalue weighted by molar-refractivity contribution is 0.182. The van der Waals surface area contributed by atoms with Gasteiger partial charge in [0, 0.05) is 19.7 Å². The highest BCUT2D eigenvalue weighted by Crippen LogP contribution is 2.23. The van der Waals surface area contributed by atoms with Crippen LogP contribution in [0.25, 0.3) is 0 Å². The molecule has 1 aromatic carbocycles. The molecule has 0 saturated heterocycles. The Hall–Kier alpha value is -2.28. The van der Waals surface area contributed by atoms with E-state index < -0.39 is 0 Å². The normalized spacial score (nSPS) is 11.2. The van der Waals surface area contributed by atoms with Crippen molar-refractivity contribution < 1.29 is 9.84 Å². The van der Waals surface area contributed by atoms with E-state index in [1.165, 1.54) is 4.68 Å². The van der Waals surface area contributed by atoms with E-state index in [9.17, 15) is 5.11 Å². The molecule has 0 spiro atoms. The van der Waals surface area contributed by atoms with Crippen LogP contribution in [0.2, 0.25) is 0 Å². The molecule has 7 nitrogen and oxygen atoms in total. The smallest absolute Gasteiger partial charge is 0.192 e. The Morgan fingerprint density at radius 2 is 2.33 bits per heavy atom. The number of aliphatic imine (C=N–C) groups is 1. The van der Waals surface area contributed by atoms with Gasteiger partial charge in [-0.15, -0.1) is 5.10 Å². The van der Waals surface area contributed by atoms with Crippen LogP contribution in [-0.4, -0.2) is 38.6 Å². The largest absolute Gasteiger partial charge is 0.508 e. The quantitative estimate of drug-likeness (QED) is 0.808. The fourth-order valence-corrected chi connectivity index (χ4v) is 1.40. The molecule has 2 aromatic rings. The highest BCUT2D eigenvalue weighted by molar-refractivity contribution is 5.77. The number of ether oxygens (including phenoxy) is 1. The van der Waals surface area contributed by atoms with Crippen LogP contribution in [0.4, 0.5) is 5.69 Å². The second-order valence-electron chi connectivity index (χ2n) is 3.66. The van der Waals surface area contributed by atoms with E-state index >= 15 is 0 Å². The van der Waals surface area contributed by atoms with Gasteiger partial charge in [-0.3, -0.25) is 4.99 Å². The zero-order valence-corrected chi connectivity index (χ0v) is 10.1. The van der Waals surface area contributed by atoms with Crippen LogP contribution in [0.15, 0.2) is 23.2 Å². The molecule has 1 aromatic heterocycles. The number of phenols is 1. The van der Waals surface area contributed by atoms with Gasteiger partial charge in [-0.25, -0.2) is 4.68 Å². The lowest BCUT2D eigenvalue weighted by atomic mass is 10.2. The molecule has 2 rings (SSSR count). The zero-order chi connectivity index (χ0) is 13.0. The van der Waals surface area contributed by atoms with Crippen LogP contribution >= 0.6 is 0 Å². The predicted octanol–water partition coefficient (Wildman–Crippen LogP) is 0.813. The minimum Gasteiger partial charge on any atom is -0.508 e. The molecule has 0 radical (unpaired) electrons. The van der Waals surface area contributed by atoms with E-state index in [1.807, 2.05) is 0 Å². The first-order valence-electron chi connectivity index (χ1n) is 5.28. The van der Waals surface area contributed by atoms with Gasteiger partial charge in [0.1, 0.15) is 5.75 Å². The molecule has 0 fully saturated rings. The molecular weight excluding hydrogens is 234 g/mol. The molecule has 0 aliphatic rings. The fourth-order valence-electron chi connectivity index (χ4n) is 1.40. The molecule has 0 atom stereocenters. The topological polar surface area (TPSA) is 85.4 Å². The number of hydrogen-bond donors (Lipinski definition) is 1. The number of rotatable bonds is 4. The number of nitrogens with zero attached hydrogens (tertiary/aromatic N) is 5. The Kier molecular flexibility index (Phi) is 3.63. The molecule has 7 heteroatoms. The van der Waals surface area contributed by atoms with Gasteiger partial charge < -0.3 is 9.84 Å². The average molecular weight is 247 g/mol. The molecule has 0 amide bonds. The van der Waals surface area contributed by atoms with Gasteiger partial charge >= 0.3 is 0 Å². The molecule has 0 bridgehead atoms. The summed E-state index contributed by atoms with van der Waals surface area (Å²) >= 11 is 0. The Labute approximate surface area is 104 Å². The van der Waals surface area contributed by atoms with Crippen molar-refractivity contribution in [2.75, 3.05) is 7.11 Å². The molecule has 0 aliphatic carbocycles. The molecular formula is C11H13N5O2. The number of methoxy groups -OCH3 is 1. The predicted molar refractivity (Wildman–Crippen MR) is 64.9 cm³/mol. The summed E-state index contributed by atoms with van der Waals surface area (Å²) < 4.78 is 6.50. The number of hydrogen-bond acceptors (Lipinski definition) is 6. The SMILES string of the molecule is COCc1cc(N=Cc2nnnn2C)ccc1O. The summed E-state index contributed by atoms with van der Waals surface area (Å²) in [6.07, 6.45) is 1.56. The Bertz CT molecular complexity index is 564. The van der Waals surface area contributed by atoms with Crippen LogP contribution < -0.4 is 0 Å². The lowest BCUT2D eigenvalue weighted by Crippen LogP contribution is -1.97. The summed E-state index contributed by atoms with van der Waals surface area (Å²) in [6.45, 7) is 0.334. The average Bonchev–Trinajstić information content (AvgIpc) is 2.76. The van der Waals surface area contributed by atoms with Crippen LogP contribution in [0.1, 0.15) is 11.4 Å². The van der Waals surface area contributed by atoms with E-state index in [0.29, 0.717) is 23.7 Å². The minimum absolute atomic E-state index is 0.191. The summed E-state index contributed by atoms with van der Waals surface area (Å²) in [6, 6.07) is 5.03. The van der Waals surface area contributed by atoms with Crippen molar-refractivity contribution in [2.45, 2.75) is 6.61 Å². The van der Waals surface area contributed by atoms with Gasteiger partial charge in [-0.2, -0.15) is 0 Å². The van der Waals surface area contributed by atoms with E-state index in [4.69, 9.17) is 4.74 Å². The van der Waals surface area contributed by atoms with Crippen LogP contribution in [0.3, 0.4) is 0 Å². The Balaban J connectivity index is 2.22. The highest BCUT2D eigenvalue weighted by atomic mass is 16.5. The highest BCUT2D eigenvalue weighted by Gasteiger charge is 2.02. The first-order valence-corrected chi connectivity index (χ1v) is 5.28. The summed E-state index contributed by atoms with van der Waals surface area (Å²) in [5, 5.41) is 20.6. The number of tetrazole rings is 1. The lowest BCUT2D eigenvalue weighted by Gasteiger charge is -2.03. The third-order valence-electron chi connectivity index (χ3n) is 2.34. The number of phenolic OH excluding ortho intramolecular Hbond substituents is 1. The van der Waals surface area contributed by atoms with Crippen molar-refractivity contribution in [1.29, 1.82) is 0 Å². The van der Waals surface area contributed by atoms with E-state index in [-0.39, 0.29) is 5.75 Å². The molecule has 18 heavy (non-hydrogen) atoms. The molecule has 0 unspecified atom stereocenters. The summed E-state index contributed by atoms with van der Waals surface area (Å²) in [5.74, 6) is 0.743. The monoisotopic (exact) mass is 247 g/mol. The summed E-state index contributed by atoms with van der Waals surface area (Å²) in [4.78, 5) is 4.24. The van der Waals surface area contributed by atoms with E-state index in [1.54, 1.807) is 38.6 Å².